The van der Waals surface area contributed by atoms with Crippen LogP contribution in [-0.4, -0.2) is 0 Å². The standard InChI is InChI=1S/C42H24O3/c1-3-9-25(10-4-1)27-15-18-37-32(21-27)33-24-39-41(34-22-28(16-19-38(34)44-39)26-11-5-2-6-12-26)40(42(33)45-37)29-17-20-36-31(23-29)30-13-7-8-14-35(30)43-36/h1-24H. The van der Waals surface area contributed by atoms with Gasteiger partial charge in [-0.2, -0.15) is 0 Å². The van der Waals surface area contributed by atoms with Crippen molar-refractivity contribution in [2.24, 2.45) is 0 Å². The molecule has 45 heavy (non-hydrogen) atoms. The van der Waals surface area contributed by atoms with Gasteiger partial charge in [0.25, 0.3) is 0 Å². The number of para-hydroxylation sites is 1. The smallest absolute Gasteiger partial charge is 0.144 e. The minimum absolute atomic E-state index is 0.836. The lowest BCUT2D eigenvalue weighted by Crippen LogP contribution is -1.83. The quantitative estimate of drug-likeness (QED) is 0.210. The van der Waals surface area contributed by atoms with Crippen molar-refractivity contribution in [3.63, 3.8) is 0 Å². The van der Waals surface area contributed by atoms with Crippen molar-refractivity contribution in [2.45, 2.75) is 0 Å². The van der Waals surface area contributed by atoms with Crippen molar-refractivity contribution in [3.05, 3.63) is 146 Å². The third kappa shape index (κ3) is 3.65. The number of hydrogen-bond donors (Lipinski definition) is 0. The summed E-state index contributed by atoms with van der Waals surface area (Å²) >= 11 is 0. The molecule has 0 radical (unpaired) electrons. The van der Waals surface area contributed by atoms with E-state index in [-0.39, 0.29) is 0 Å². The fraction of sp³-hybridized carbons (Fsp3) is 0. The Morgan fingerprint density at radius 2 is 0.800 bits per heavy atom. The molecule has 0 spiro atoms. The van der Waals surface area contributed by atoms with Gasteiger partial charge >= 0.3 is 0 Å². The van der Waals surface area contributed by atoms with Crippen LogP contribution in [0.15, 0.2) is 159 Å². The average molecular weight is 577 g/mol. The van der Waals surface area contributed by atoms with Gasteiger partial charge in [0, 0.05) is 37.9 Å². The third-order valence-electron chi connectivity index (χ3n) is 9.07. The van der Waals surface area contributed by atoms with Crippen molar-refractivity contribution >= 4 is 65.8 Å². The highest BCUT2D eigenvalue weighted by Gasteiger charge is 2.22. The topological polar surface area (TPSA) is 39.4 Å². The zero-order valence-corrected chi connectivity index (χ0v) is 24.1. The summed E-state index contributed by atoms with van der Waals surface area (Å²) < 4.78 is 19.6. The zero-order valence-electron chi connectivity index (χ0n) is 24.1. The minimum Gasteiger partial charge on any atom is -0.456 e. The van der Waals surface area contributed by atoms with E-state index >= 15 is 0 Å². The van der Waals surface area contributed by atoms with E-state index in [1.54, 1.807) is 0 Å². The Kier molecular flexibility index (Phi) is 5.00. The van der Waals surface area contributed by atoms with Crippen LogP contribution in [0.25, 0.3) is 99.2 Å². The Balaban J connectivity index is 1.33. The molecule has 10 aromatic rings. The van der Waals surface area contributed by atoms with Gasteiger partial charge in [-0.25, -0.2) is 0 Å². The molecule has 0 fully saturated rings. The largest absolute Gasteiger partial charge is 0.456 e. The highest BCUT2D eigenvalue weighted by Crippen LogP contribution is 2.47. The second-order valence-corrected chi connectivity index (χ2v) is 11.7. The monoisotopic (exact) mass is 576 g/mol. The summed E-state index contributed by atoms with van der Waals surface area (Å²) in [6.45, 7) is 0. The van der Waals surface area contributed by atoms with Crippen LogP contribution >= 0.6 is 0 Å². The molecule has 3 nitrogen and oxygen atoms in total. The van der Waals surface area contributed by atoms with Gasteiger partial charge in [-0.05, 0) is 76.3 Å². The Hall–Kier alpha value is -6.06. The fourth-order valence-corrected chi connectivity index (χ4v) is 6.94. The van der Waals surface area contributed by atoms with Gasteiger partial charge in [0.15, 0.2) is 0 Å². The summed E-state index contributed by atoms with van der Waals surface area (Å²) in [5.74, 6) is 0. The van der Waals surface area contributed by atoms with Crippen LogP contribution in [0.2, 0.25) is 0 Å². The Labute approximate surface area is 257 Å². The molecule has 0 atom stereocenters. The number of rotatable bonds is 3. The maximum atomic E-state index is 6.79. The molecule has 10 rings (SSSR count). The van der Waals surface area contributed by atoms with E-state index in [4.69, 9.17) is 13.3 Å². The molecule has 0 aliphatic heterocycles. The van der Waals surface area contributed by atoms with Gasteiger partial charge in [-0.15, -0.1) is 0 Å². The molecule has 3 aromatic heterocycles. The molecule has 3 heterocycles. The number of hydrogen-bond acceptors (Lipinski definition) is 3. The van der Waals surface area contributed by atoms with E-state index < -0.39 is 0 Å². The highest BCUT2D eigenvalue weighted by molar-refractivity contribution is 6.24. The van der Waals surface area contributed by atoms with Crippen LogP contribution in [0, 0.1) is 0 Å². The summed E-state index contributed by atoms with van der Waals surface area (Å²) in [4.78, 5) is 0. The second-order valence-electron chi connectivity index (χ2n) is 11.7. The molecule has 7 aromatic carbocycles. The van der Waals surface area contributed by atoms with Crippen molar-refractivity contribution in [2.75, 3.05) is 0 Å². The number of benzene rings is 7. The molecule has 210 valence electrons. The summed E-state index contributed by atoms with van der Waals surface area (Å²) in [6, 6.07) is 50.7. The van der Waals surface area contributed by atoms with Crippen molar-refractivity contribution in [3.8, 4) is 33.4 Å². The Bertz CT molecular complexity index is 2740. The van der Waals surface area contributed by atoms with Gasteiger partial charge < -0.3 is 13.3 Å². The maximum absolute atomic E-state index is 6.79. The summed E-state index contributed by atoms with van der Waals surface area (Å²) in [5.41, 5.74) is 11.8. The number of fused-ring (bicyclic) bond motifs is 9. The second kappa shape index (κ2) is 9.22. The molecule has 0 saturated heterocycles. The first-order valence-electron chi connectivity index (χ1n) is 15.2. The normalized spacial score (nSPS) is 12.0. The van der Waals surface area contributed by atoms with E-state index in [1.165, 1.54) is 11.1 Å². The van der Waals surface area contributed by atoms with Crippen LogP contribution < -0.4 is 0 Å². The predicted octanol–water partition coefficient (Wildman–Crippen LogP) is 12.4. The first-order chi connectivity index (χ1) is 22.3. The molecule has 0 aliphatic carbocycles. The van der Waals surface area contributed by atoms with Gasteiger partial charge in [-0.3, -0.25) is 0 Å². The van der Waals surface area contributed by atoms with Crippen LogP contribution in [0.3, 0.4) is 0 Å². The lowest BCUT2D eigenvalue weighted by molar-refractivity contribution is 0.664. The van der Waals surface area contributed by atoms with Gasteiger partial charge in [0.1, 0.15) is 33.5 Å². The Morgan fingerprint density at radius 3 is 1.53 bits per heavy atom. The zero-order chi connectivity index (χ0) is 29.5. The average Bonchev–Trinajstić information content (AvgIpc) is 3.78. The first kappa shape index (κ1) is 24.4. The van der Waals surface area contributed by atoms with E-state index in [9.17, 15) is 0 Å². The summed E-state index contributed by atoms with van der Waals surface area (Å²) in [5, 5.41) is 6.38. The van der Waals surface area contributed by atoms with E-state index in [2.05, 4.69) is 121 Å². The molecular formula is C42H24O3. The third-order valence-corrected chi connectivity index (χ3v) is 9.07. The van der Waals surface area contributed by atoms with Crippen molar-refractivity contribution in [1.29, 1.82) is 0 Å². The Morgan fingerprint density at radius 1 is 0.289 bits per heavy atom. The summed E-state index contributed by atoms with van der Waals surface area (Å²) in [7, 11) is 0. The molecule has 0 amide bonds. The van der Waals surface area contributed by atoms with Gasteiger partial charge in [0.05, 0.1) is 0 Å². The van der Waals surface area contributed by atoms with E-state index in [0.717, 1.165) is 88.1 Å². The van der Waals surface area contributed by atoms with Crippen molar-refractivity contribution < 1.29 is 13.3 Å². The van der Waals surface area contributed by atoms with Crippen LogP contribution in [0.1, 0.15) is 0 Å². The lowest BCUT2D eigenvalue weighted by atomic mass is 9.94. The van der Waals surface area contributed by atoms with Crippen LogP contribution in [-0.2, 0) is 0 Å². The lowest BCUT2D eigenvalue weighted by Gasteiger charge is -2.07. The summed E-state index contributed by atoms with van der Waals surface area (Å²) in [6.07, 6.45) is 0. The predicted molar refractivity (Wildman–Crippen MR) is 185 cm³/mol. The fourth-order valence-electron chi connectivity index (χ4n) is 6.94. The van der Waals surface area contributed by atoms with Crippen LogP contribution in [0.4, 0.5) is 0 Å². The molecule has 0 saturated carbocycles. The SMILES string of the molecule is c1ccc(-c2ccc3oc4c(-c5ccc6oc7ccccc7c6c5)c5c(cc4c3c2)oc2ccc(-c3ccccc3)cc25)cc1. The molecular weight excluding hydrogens is 552 g/mol. The maximum Gasteiger partial charge on any atom is 0.144 e. The number of furan rings is 3. The minimum atomic E-state index is 0.836. The molecule has 3 heteroatoms. The molecule has 0 N–H and O–H groups in total. The van der Waals surface area contributed by atoms with Gasteiger partial charge in [-0.1, -0.05) is 97.1 Å². The highest BCUT2D eigenvalue weighted by atomic mass is 16.3. The van der Waals surface area contributed by atoms with Crippen molar-refractivity contribution in [1.82, 2.24) is 0 Å². The van der Waals surface area contributed by atoms with E-state index in [1.807, 2.05) is 24.3 Å². The molecule has 0 aliphatic rings. The molecule has 0 unspecified atom stereocenters. The van der Waals surface area contributed by atoms with E-state index in [0.29, 0.717) is 0 Å². The first-order valence-corrected chi connectivity index (χ1v) is 15.2. The van der Waals surface area contributed by atoms with Crippen LogP contribution in [0.5, 0.6) is 0 Å². The molecule has 0 bridgehead atoms. The van der Waals surface area contributed by atoms with Gasteiger partial charge in [0.2, 0.25) is 0 Å².